The van der Waals surface area contributed by atoms with Crippen LogP contribution in [0.3, 0.4) is 0 Å². The van der Waals surface area contributed by atoms with E-state index in [4.69, 9.17) is 34.8 Å². The van der Waals surface area contributed by atoms with Crippen molar-refractivity contribution in [3.63, 3.8) is 0 Å². The number of benzene rings is 4. The van der Waals surface area contributed by atoms with Crippen LogP contribution in [0.25, 0.3) is 17.3 Å². The molecule has 0 aliphatic heterocycles. The van der Waals surface area contributed by atoms with Crippen molar-refractivity contribution in [2.75, 3.05) is 16.4 Å². The average molecular weight is 694 g/mol. The highest BCUT2D eigenvalue weighted by atomic mass is 35.5. The van der Waals surface area contributed by atoms with E-state index in [2.05, 4.69) is 20.9 Å². The van der Waals surface area contributed by atoms with Crippen molar-refractivity contribution >= 4 is 92.5 Å². The summed E-state index contributed by atoms with van der Waals surface area (Å²) < 4.78 is 0. The molecule has 4 aromatic carbocycles. The van der Waals surface area contributed by atoms with Gasteiger partial charge >= 0.3 is 0 Å². The number of thioether (sulfide) groups is 1. The van der Waals surface area contributed by atoms with Gasteiger partial charge in [0.2, 0.25) is 5.91 Å². The number of rotatable bonds is 10. The van der Waals surface area contributed by atoms with Crippen molar-refractivity contribution in [1.29, 1.82) is 0 Å². The largest absolute Gasteiger partial charge is 0.321 e. The van der Waals surface area contributed by atoms with Crippen molar-refractivity contribution in [3.05, 3.63) is 134 Å². The summed E-state index contributed by atoms with van der Waals surface area (Å²) in [5.74, 6) is -1.00. The number of halogens is 3. The minimum atomic E-state index is -0.512. The summed E-state index contributed by atoms with van der Waals surface area (Å²) in [6.07, 6.45) is 1.56. The monoisotopic (exact) mass is 692 g/mol. The maximum absolute atomic E-state index is 13.3. The van der Waals surface area contributed by atoms with Crippen LogP contribution in [0.1, 0.15) is 15.9 Å². The first-order valence-electron chi connectivity index (χ1n) is 13.3. The second-order valence-electron chi connectivity index (χ2n) is 9.41. The lowest BCUT2D eigenvalue weighted by Crippen LogP contribution is -2.30. The van der Waals surface area contributed by atoms with E-state index in [-0.39, 0.29) is 17.4 Å². The third kappa shape index (κ3) is 9.20. The molecular weight excluding hydrogens is 671 g/mol. The Labute approximate surface area is 282 Å². The Balaban J connectivity index is 1.19. The standard InChI is InChI=1S/C33H23Cl3N4O3S2/c34-22-8-4-5-20(15-22)16-28(38-31(42)21-6-2-1-3-7-21)32(43)37-24-10-12-25(13-11-24)44-19-30(41)40-33-39-29(18-45-33)26-14-9-23(35)17-27(26)36/h1-18H,19H2,(H,37,43)(H,38,42)(H,39,40,41)/b28-16-. The van der Waals surface area contributed by atoms with Gasteiger partial charge < -0.3 is 16.0 Å². The second-order valence-corrected chi connectivity index (χ2v) is 12.6. The summed E-state index contributed by atoms with van der Waals surface area (Å²) in [6.45, 7) is 0. The molecule has 0 bridgehead atoms. The van der Waals surface area contributed by atoms with Crippen LogP contribution in [0.15, 0.2) is 113 Å². The van der Waals surface area contributed by atoms with Gasteiger partial charge in [-0.1, -0.05) is 65.1 Å². The highest BCUT2D eigenvalue weighted by Gasteiger charge is 2.16. The van der Waals surface area contributed by atoms with Gasteiger partial charge in [0.1, 0.15) is 5.70 Å². The zero-order valence-corrected chi connectivity index (χ0v) is 27.1. The minimum Gasteiger partial charge on any atom is -0.321 e. The van der Waals surface area contributed by atoms with E-state index in [1.807, 2.05) is 5.38 Å². The number of carbonyl (C=O) groups excluding carboxylic acids is 3. The smallest absolute Gasteiger partial charge is 0.272 e. The summed E-state index contributed by atoms with van der Waals surface area (Å²) in [6, 6.07) is 27.7. The lowest BCUT2D eigenvalue weighted by molar-refractivity contribution is -0.114. The Morgan fingerprint density at radius 3 is 2.31 bits per heavy atom. The molecule has 0 saturated heterocycles. The molecular formula is C33H23Cl3N4O3S2. The first-order chi connectivity index (χ1) is 21.7. The van der Waals surface area contributed by atoms with Gasteiger partial charge in [-0.15, -0.1) is 23.1 Å². The number of hydrogen-bond donors (Lipinski definition) is 3. The predicted molar refractivity (Wildman–Crippen MR) is 185 cm³/mol. The minimum absolute atomic E-state index is 0.0462. The highest BCUT2D eigenvalue weighted by molar-refractivity contribution is 8.00. The quantitative estimate of drug-likeness (QED) is 0.100. The van der Waals surface area contributed by atoms with Crippen molar-refractivity contribution in [3.8, 4) is 11.3 Å². The molecule has 1 heterocycles. The Hall–Kier alpha value is -4.12. The van der Waals surface area contributed by atoms with Gasteiger partial charge in [0, 0.05) is 37.1 Å². The van der Waals surface area contributed by atoms with Crippen molar-refractivity contribution in [2.24, 2.45) is 0 Å². The number of amides is 3. The predicted octanol–water partition coefficient (Wildman–Crippen LogP) is 8.91. The molecule has 7 nitrogen and oxygen atoms in total. The third-order valence-electron chi connectivity index (χ3n) is 6.13. The number of nitrogens with zero attached hydrogens (tertiary/aromatic N) is 1. The molecule has 3 amide bonds. The van der Waals surface area contributed by atoms with Gasteiger partial charge in [-0.25, -0.2) is 4.98 Å². The Bertz CT molecular complexity index is 1880. The molecule has 1 aromatic heterocycles. The Morgan fingerprint density at radius 1 is 0.822 bits per heavy atom. The second kappa shape index (κ2) is 15.2. The van der Waals surface area contributed by atoms with Crippen molar-refractivity contribution in [2.45, 2.75) is 4.90 Å². The van der Waals surface area contributed by atoms with E-state index in [0.29, 0.717) is 42.7 Å². The van der Waals surface area contributed by atoms with Gasteiger partial charge in [-0.05, 0) is 78.4 Å². The van der Waals surface area contributed by atoms with E-state index in [1.165, 1.54) is 23.1 Å². The Morgan fingerprint density at radius 2 is 1.58 bits per heavy atom. The van der Waals surface area contributed by atoms with Crippen LogP contribution >= 0.6 is 57.9 Å². The van der Waals surface area contributed by atoms with Gasteiger partial charge in [0.15, 0.2) is 5.13 Å². The van der Waals surface area contributed by atoms with Gasteiger partial charge in [0.25, 0.3) is 11.8 Å². The normalized spacial score (nSPS) is 11.1. The topological polar surface area (TPSA) is 100 Å². The molecule has 0 aliphatic rings. The zero-order valence-electron chi connectivity index (χ0n) is 23.2. The molecule has 0 atom stereocenters. The van der Waals surface area contributed by atoms with Crippen LogP contribution in [0.5, 0.6) is 0 Å². The van der Waals surface area contributed by atoms with Crippen LogP contribution in [0.2, 0.25) is 15.1 Å². The van der Waals surface area contributed by atoms with E-state index in [0.717, 1.165) is 10.5 Å². The van der Waals surface area contributed by atoms with E-state index in [1.54, 1.807) is 103 Å². The lowest BCUT2D eigenvalue weighted by Gasteiger charge is -2.12. The number of thiazole rings is 1. The first kappa shape index (κ1) is 32.3. The number of carbonyl (C=O) groups is 3. The highest BCUT2D eigenvalue weighted by Crippen LogP contribution is 2.32. The summed E-state index contributed by atoms with van der Waals surface area (Å²) in [7, 11) is 0. The molecule has 45 heavy (non-hydrogen) atoms. The average Bonchev–Trinajstić information content (AvgIpc) is 3.48. The van der Waals surface area contributed by atoms with Crippen LogP contribution in [0.4, 0.5) is 10.8 Å². The molecule has 0 fully saturated rings. The molecule has 3 N–H and O–H groups in total. The van der Waals surface area contributed by atoms with Gasteiger partial charge in [0.05, 0.1) is 16.5 Å². The van der Waals surface area contributed by atoms with E-state index in [9.17, 15) is 14.4 Å². The molecule has 0 radical (unpaired) electrons. The molecule has 226 valence electrons. The maximum atomic E-state index is 13.3. The molecule has 5 rings (SSSR count). The summed E-state index contributed by atoms with van der Waals surface area (Å²) in [4.78, 5) is 44.0. The van der Waals surface area contributed by atoms with Crippen molar-refractivity contribution in [1.82, 2.24) is 10.3 Å². The SMILES string of the molecule is O=C(CSc1ccc(NC(=O)/C(=C/c2cccc(Cl)c2)NC(=O)c2ccccc2)cc1)Nc1nc(-c2ccc(Cl)cc2Cl)cs1. The molecule has 0 unspecified atom stereocenters. The fourth-order valence-corrected chi connectivity index (χ4v) is 6.12. The van der Waals surface area contributed by atoms with E-state index < -0.39 is 11.8 Å². The molecule has 0 spiro atoms. The number of nitrogens with one attached hydrogen (secondary N) is 3. The summed E-state index contributed by atoms with van der Waals surface area (Å²) in [5, 5.41) is 12.1. The third-order valence-corrected chi connectivity index (χ3v) is 8.68. The summed E-state index contributed by atoms with van der Waals surface area (Å²) >= 11 is 21.0. The molecule has 0 aliphatic carbocycles. The van der Waals surface area contributed by atoms with Gasteiger partial charge in [-0.3, -0.25) is 14.4 Å². The fraction of sp³-hybridized carbons (Fsp3) is 0.0303. The zero-order chi connectivity index (χ0) is 31.8. The Kier molecular flexibility index (Phi) is 10.9. The lowest BCUT2D eigenvalue weighted by atomic mass is 10.1. The number of hydrogen-bond acceptors (Lipinski definition) is 6. The molecule has 12 heteroatoms. The summed E-state index contributed by atoms with van der Waals surface area (Å²) in [5.41, 5.74) is 2.99. The maximum Gasteiger partial charge on any atom is 0.272 e. The van der Waals surface area contributed by atoms with Crippen molar-refractivity contribution < 1.29 is 14.4 Å². The molecule has 0 saturated carbocycles. The van der Waals surface area contributed by atoms with Gasteiger partial charge in [-0.2, -0.15) is 0 Å². The molecule has 5 aromatic rings. The first-order valence-corrected chi connectivity index (χ1v) is 16.3. The number of anilines is 2. The van der Waals surface area contributed by atoms with Crippen LogP contribution in [-0.4, -0.2) is 28.5 Å². The van der Waals surface area contributed by atoms with Crippen LogP contribution < -0.4 is 16.0 Å². The number of aromatic nitrogens is 1. The van der Waals surface area contributed by atoms with E-state index >= 15 is 0 Å². The fourth-order valence-electron chi connectivity index (χ4n) is 3.99. The van der Waals surface area contributed by atoms with Crippen LogP contribution in [-0.2, 0) is 9.59 Å². The van der Waals surface area contributed by atoms with Crippen LogP contribution in [0, 0.1) is 0 Å².